The van der Waals surface area contributed by atoms with E-state index in [-0.39, 0.29) is 0 Å². The summed E-state index contributed by atoms with van der Waals surface area (Å²) in [5.41, 5.74) is 3.26. The van der Waals surface area contributed by atoms with Crippen molar-refractivity contribution in [1.82, 2.24) is 4.98 Å². The number of ether oxygens (including phenoxy) is 1. The molecule has 0 radical (unpaired) electrons. The summed E-state index contributed by atoms with van der Waals surface area (Å²) in [6.45, 7) is 0.412. The predicted octanol–water partition coefficient (Wildman–Crippen LogP) is 5.87. The summed E-state index contributed by atoms with van der Waals surface area (Å²) in [5, 5.41) is 13.2. The molecule has 0 spiro atoms. The van der Waals surface area contributed by atoms with Gasteiger partial charge in [-0.15, -0.1) is 0 Å². The lowest BCUT2D eigenvalue weighted by Gasteiger charge is -2.07. The number of aromatic nitrogens is 1. The van der Waals surface area contributed by atoms with Crippen molar-refractivity contribution in [3.05, 3.63) is 107 Å². The van der Waals surface area contributed by atoms with Crippen molar-refractivity contribution < 1.29 is 9.94 Å². The van der Waals surface area contributed by atoms with E-state index in [1.165, 1.54) is 0 Å². The third-order valence-electron chi connectivity index (χ3n) is 3.93. The molecule has 0 saturated carbocycles. The van der Waals surface area contributed by atoms with E-state index in [9.17, 15) is 0 Å². The number of hydrogen-bond acceptors (Lipinski definition) is 4. The van der Waals surface area contributed by atoms with Gasteiger partial charge in [0.1, 0.15) is 18.1 Å². The van der Waals surface area contributed by atoms with Crippen molar-refractivity contribution >= 4 is 29.5 Å². The Morgan fingerprint density at radius 3 is 2.39 bits per heavy atom. The van der Waals surface area contributed by atoms with Crippen LogP contribution in [0.1, 0.15) is 16.7 Å². The predicted molar refractivity (Wildman–Crippen MR) is 114 cm³/mol. The van der Waals surface area contributed by atoms with Gasteiger partial charge in [0, 0.05) is 23.0 Å². The fraction of sp³-hybridized carbons (Fsp3) is 0.0435. The van der Waals surface area contributed by atoms with Gasteiger partial charge in [0.15, 0.2) is 0 Å². The van der Waals surface area contributed by atoms with Gasteiger partial charge in [-0.3, -0.25) is 4.98 Å². The Hall–Kier alpha value is -3.37. The second-order valence-corrected chi connectivity index (χ2v) is 6.33. The Balaban J connectivity index is 1.58. The Morgan fingerprint density at radius 1 is 0.964 bits per heavy atom. The van der Waals surface area contributed by atoms with Gasteiger partial charge in [0.2, 0.25) is 0 Å². The Bertz CT molecular complexity index is 981. The van der Waals surface area contributed by atoms with Crippen LogP contribution in [0.25, 0.3) is 12.2 Å². The maximum atomic E-state index is 9.17. The molecule has 3 rings (SSSR count). The highest BCUT2D eigenvalue weighted by Gasteiger charge is 2.00. The number of hydrogen-bond donors (Lipinski definition) is 1. The SMILES string of the molecule is ON=C(C=Cc1ccc(OCc2ccccc2Cl)cc1)C=Cc1cccnc1. The summed E-state index contributed by atoms with van der Waals surface area (Å²) in [6, 6.07) is 19.0. The third-order valence-corrected chi connectivity index (χ3v) is 4.29. The van der Waals surface area contributed by atoms with Crippen LogP contribution in [0.5, 0.6) is 5.75 Å². The van der Waals surface area contributed by atoms with Gasteiger partial charge in [-0.25, -0.2) is 0 Å². The van der Waals surface area contributed by atoms with E-state index in [4.69, 9.17) is 21.5 Å². The molecule has 1 heterocycles. The lowest BCUT2D eigenvalue weighted by atomic mass is 10.1. The van der Waals surface area contributed by atoms with Crippen molar-refractivity contribution in [2.45, 2.75) is 6.61 Å². The van der Waals surface area contributed by atoms with E-state index in [0.717, 1.165) is 22.4 Å². The average Bonchev–Trinajstić information content (AvgIpc) is 2.75. The Kier molecular flexibility index (Phi) is 6.99. The molecule has 2 aromatic carbocycles. The molecule has 140 valence electrons. The fourth-order valence-electron chi connectivity index (χ4n) is 2.41. The Labute approximate surface area is 169 Å². The molecule has 0 saturated heterocycles. The number of nitrogens with zero attached hydrogens (tertiary/aromatic N) is 2. The zero-order valence-electron chi connectivity index (χ0n) is 15.1. The van der Waals surface area contributed by atoms with Crippen LogP contribution in [0.2, 0.25) is 5.02 Å². The summed E-state index contributed by atoms with van der Waals surface area (Å²) in [7, 11) is 0. The van der Waals surface area contributed by atoms with Crippen molar-refractivity contribution in [3.8, 4) is 5.75 Å². The summed E-state index contributed by atoms with van der Waals surface area (Å²) in [5.74, 6) is 0.754. The van der Waals surface area contributed by atoms with Crippen LogP contribution in [0.15, 0.2) is 90.4 Å². The minimum atomic E-state index is 0.412. The quantitative estimate of drug-likeness (QED) is 0.312. The summed E-state index contributed by atoms with van der Waals surface area (Å²) >= 11 is 6.14. The molecule has 0 unspecified atom stereocenters. The second-order valence-electron chi connectivity index (χ2n) is 5.93. The third kappa shape index (κ3) is 5.83. The molecule has 28 heavy (non-hydrogen) atoms. The van der Waals surface area contributed by atoms with E-state index in [1.54, 1.807) is 24.5 Å². The summed E-state index contributed by atoms with van der Waals surface area (Å²) in [6.07, 6.45) is 10.6. The smallest absolute Gasteiger partial charge is 0.119 e. The zero-order valence-corrected chi connectivity index (χ0v) is 15.8. The standard InChI is InChI=1S/C23H19ClN2O2/c24-23-6-2-1-5-20(23)17-28-22-13-9-18(10-14-22)7-11-21(26-27)12-8-19-4-3-15-25-16-19/h1-16,27H,17H2. The number of allylic oxidation sites excluding steroid dienone is 2. The van der Waals surface area contributed by atoms with E-state index < -0.39 is 0 Å². The molecule has 0 aliphatic carbocycles. The van der Waals surface area contributed by atoms with Gasteiger partial charge in [-0.2, -0.15) is 0 Å². The number of benzene rings is 2. The summed E-state index contributed by atoms with van der Waals surface area (Å²) < 4.78 is 5.77. The van der Waals surface area contributed by atoms with Crippen molar-refractivity contribution in [2.75, 3.05) is 0 Å². The minimum absolute atomic E-state index is 0.412. The van der Waals surface area contributed by atoms with Crippen molar-refractivity contribution in [1.29, 1.82) is 0 Å². The van der Waals surface area contributed by atoms with Crippen LogP contribution < -0.4 is 4.74 Å². The maximum absolute atomic E-state index is 9.17. The van der Waals surface area contributed by atoms with Gasteiger partial charge in [-0.05, 0) is 47.5 Å². The topological polar surface area (TPSA) is 54.7 Å². The zero-order chi connectivity index (χ0) is 19.6. The lowest BCUT2D eigenvalue weighted by Crippen LogP contribution is -1.95. The average molecular weight is 391 g/mol. The number of rotatable bonds is 7. The van der Waals surface area contributed by atoms with Crippen LogP contribution in [-0.2, 0) is 6.61 Å². The maximum Gasteiger partial charge on any atom is 0.119 e. The van der Waals surface area contributed by atoms with Gasteiger partial charge in [0.25, 0.3) is 0 Å². The first-order valence-electron chi connectivity index (χ1n) is 8.69. The molecule has 0 aliphatic rings. The molecule has 5 heteroatoms. The molecule has 0 bridgehead atoms. The van der Waals surface area contributed by atoms with Crippen LogP contribution in [0, 0.1) is 0 Å². The van der Waals surface area contributed by atoms with Gasteiger partial charge >= 0.3 is 0 Å². The molecule has 4 nitrogen and oxygen atoms in total. The van der Waals surface area contributed by atoms with Crippen LogP contribution >= 0.6 is 11.6 Å². The first-order valence-corrected chi connectivity index (χ1v) is 9.07. The van der Waals surface area contributed by atoms with Gasteiger partial charge < -0.3 is 9.94 Å². The van der Waals surface area contributed by atoms with Gasteiger partial charge in [0.05, 0.1) is 0 Å². The van der Waals surface area contributed by atoms with Crippen LogP contribution in [0.4, 0.5) is 0 Å². The van der Waals surface area contributed by atoms with Crippen molar-refractivity contribution in [3.63, 3.8) is 0 Å². The van der Waals surface area contributed by atoms with E-state index in [1.807, 2.05) is 72.8 Å². The van der Waals surface area contributed by atoms with E-state index >= 15 is 0 Å². The molecule has 0 atom stereocenters. The Morgan fingerprint density at radius 2 is 1.71 bits per heavy atom. The normalized spacial score (nSPS) is 12.0. The highest BCUT2D eigenvalue weighted by Crippen LogP contribution is 2.19. The highest BCUT2D eigenvalue weighted by molar-refractivity contribution is 6.31. The lowest BCUT2D eigenvalue weighted by molar-refractivity contribution is 0.306. The monoisotopic (exact) mass is 390 g/mol. The molecule has 1 aromatic heterocycles. The van der Waals surface area contributed by atoms with E-state index in [0.29, 0.717) is 17.3 Å². The molecule has 0 amide bonds. The van der Waals surface area contributed by atoms with Crippen LogP contribution in [0.3, 0.4) is 0 Å². The number of halogens is 1. The molecule has 0 aliphatic heterocycles. The number of oxime groups is 1. The molecule has 3 aromatic rings. The van der Waals surface area contributed by atoms with Crippen LogP contribution in [-0.4, -0.2) is 15.9 Å². The largest absolute Gasteiger partial charge is 0.489 e. The van der Waals surface area contributed by atoms with Crippen molar-refractivity contribution in [2.24, 2.45) is 5.16 Å². The fourth-order valence-corrected chi connectivity index (χ4v) is 2.60. The number of pyridine rings is 1. The molecular weight excluding hydrogens is 372 g/mol. The second kappa shape index (κ2) is 10.1. The van der Waals surface area contributed by atoms with Gasteiger partial charge in [-0.1, -0.05) is 65.3 Å². The molecular formula is C23H19ClN2O2. The first kappa shape index (κ1) is 19.4. The molecule has 0 fully saturated rings. The summed E-state index contributed by atoms with van der Waals surface area (Å²) in [4.78, 5) is 4.04. The van der Waals surface area contributed by atoms with E-state index in [2.05, 4.69) is 10.1 Å². The first-order chi connectivity index (χ1) is 13.7. The highest BCUT2D eigenvalue weighted by atomic mass is 35.5. The minimum Gasteiger partial charge on any atom is -0.489 e. The molecule has 1 N–H and O–H groups in total.